The van der Waals surface area contributed by atoms with Gasteiger partial charge >= 0.3 is 0 Å². The number of halogens is 1. The lowest BCUT2D eigenvalue weighted by Gasteiger charge is -2.18. The van der Waals surface area contributed by atoms with Crippen molar-refractivity contribution in [2.75, 3.05) is 5.88 Å². The Morgan fingerprint density at radius 1 is 1.64 bits per heavy atom. The van der Waals surface area contributed by atoms with E-state index in [-0.39, 0.29) is 11.8 Å². The van der Waals surface area contributed by atoms with E-state index in [4.69, 9.17) is 11.6 Å². The summed E-state index contributed by atoms with van der Waals surface area (Å²) in [7, 11) is 0. The van der Waals surface area contributed by atoms with Gasteiger partial charge in [-0.1, -0.05) is 12.2 Å². The minimum Gasteiger partial charge on any atom is -0.352 e. The fraction of sp³-hybridized carbons (Fsp3) is 0.625. The van der Waals surface area contributed by atoms with E-state index in [0.29, 0.717) is 6.04 Å². The molecule has 0 bridgehead atoms. The maximum Gasteiger partial charge on any atom is 0.235 e. The molecule has 0 aliphatic heterocycles. The molecule has 0 aromatic heterocycles. The second-order valence-electron chi connectivity index (χ2n) is 2.68. The molecule has 0 aromatic rings. The minimum atomic E-state index is -0.0630. The third-order valence-electron chi connectivity index (χ3n) is 1.76. The Bertz CT molecular complexity index is 167. The first-order valence-corrected chi connectivity index (χ1v) is 4.36. The van der Waals surface area contributed by atoms with Gasteiger partial charge in [-0.2, -0.15) is 0 Å². The zero-order valence-corrected chi connectivity index (χ0v) is 7.10. The molecule has 0 heterocycles. The monoisotopic (exact) mass is 173 g/mol. The van der Waals surface area contributed by atoms with Crippen LogP contribution in [0.25, 0.3) is 0 Å². The van der Waals surface area contributed by atoms with Gasteiger partial charge in [0.15, 0.2) is 0 Å². The quantitative estimate of drug-likeness (QED) is 0.497. The van der Waals surface area contributed by atoms with Crippen molar-refractivity contribution in [3.63, 3.8) is 0 Å². The molecule has 1 N–H and O–H groups in total. The number of hydrogen-bond donors (Lipinski definition) is 1. The Kier molecular flexibility index (Phi) is 3.43. The van der Waals surface area contributed by atoms with Crippen LogP contribution in [0.4, 0.5) is 0 Å². The SMILES string of the molecule is O=C(CCl)NC1CC=CCC1. The number of nitrogens with one attached hydrogen (secondary N) is 1. The van der Waals surface area contributed by atoms with Crippen LogP contribution >= 0.6 is 11.6 Å². The highest BCUT2D eigenvalue weighted by Crippen LogP contribution is 2.09. The smallest absolute Gasteiger partial charge is 0.235 e. The van der Waals surface area contributed by atoms with Crippen molar-refractivity contribution in [3.8, 4) is 0 Å². The molecule has 11 heavy (non-hydrogen) atoms. The summed E-state index contributed by atoms with van der Waals surface area (Å²) in [6.07, 6.45) is 7.29. The molecular formula is C8H12ClNO. The van der Waals surface area contributed by atoms with Gasteiger partial charge < -0.3 is 5.32 Å². The maximum atomic E-state index is 10.8. The largest absolute Gasteiger partial charge is 0.352 e. The third-order valence-corrected chi connectivity index (χ3v) is 2.00. The standard InChI is InChI=1S/C8H12ClNO/c9-6-8(11)10-7-4-2-1-3-5-7/h1-2,7H,3-6H2,(H,10,11). The Hall–Kier alpha value is -0.500. The number of carbonyl (C=O) groups excluding carboxylic acids is 1. The zero-order valence-electron chi connectivity index (χ0n) is 6.35. The summed E-state index contributed by atoms with van der Waals surface area (Å²) in [5.74, 6) is 0.00666. The average Bonchev–Trinajstić information content (AvgIpc) is 2.06. The molecule has 0 aromatic carbocycles. The molecule has 0 fully saturated rings. The summed E-state index contributed by atoms with van der Waals surface area (Å²) in [5, 5.41) is 2.85. The van der Waals surface area contributed by atoms with Gasteiger partial charge in [-0.05, 0) is 19.3 Å². The second kappa shape index (κ2) is 4.39. The Morgan fingerprint density at radius 3 is 3.00 bits per heavy atom. The van der Waals surface area contributed by atoms with E-state index in [1.807, 2.05) is 0 Å². The minimum absolute atomic E-state index is 0.0630. The van der Waals surface area contributed by atoms with Crippen LogP contribution in [0, 0.1) is 0 Å². The summed E-state index contributed by atoms with van der Waals surface area (Å²) in [5.41, 5.74) is 0. The molecule has 1 atom stereocenters. The highest BCUT2D eigenvalue weighted by molar-refractivity contribution is 6.27. The fourth-order valence-corrected chi connectivity index (χ4v) is 1.27. The molecule has 0 saturated carbocycles. The molecule has 1 rings (SSSR count). The van der Waals surface area contributed by atoms with Crippen molar-refractivity contribution in [2.24, 2.45) is 0 Å². The summed E-state index contributed by atoms with van der Waals surface area (Å²) < 4.78 is 0. The lowest BCUT2D eigenvalue weighted by Crippen LogP contribution is -2.35. The normalized spacial score (nSPS) is 23.2. The van der Waals surface area contributed by atoms with Crippen LogP contribution in [-0.2, 0) is 4.79 Å². The van der Waals surface area contributed by atoms with E-state index < -0.39 is 0 Å². The molecule has 62 valence electrons. The van der Waals surface area contributed by atoms with Crippen LogP contribution in [0.3, 0.4) is 0 Å². The molecule has 2 nitrogen and oxygen atoms in total. The van der Waals surface area contributed by atoms with Crippen molar-refractivity contribution in [2.45, 2.75) is 25.3 Å². The second-order valence-corrected chi connectivity index (χ2v) is 2.95. The summed E-state index contributed by atoms with van der Waals surface area (Å²) >= 11 is 5.34. The Morgan fingerprint density at radius 2 is 2.45 bits per heavy atom. The zero-order chi connectivity index (χ0) is 8.10. The summed E-state index contributed by atoms with van der Waals surface area (Å²) in [6.45, 7) is 0. The van der Waals surface area contributed by atoms with E-state index in [2.05, 4.69) is 17.5 Å². The van der Waals surface area contributed by atoms with E-state index in [9.17, 15) is 4.79 Å². The molecule has 1 aliphatic rings. The highest BCUT2D eigenvalue weighted by Gasteiger charge is 2.11. The van der Waals surface area contributed by atoms with Crippen LogP contribution in [-0.4, -0.2) is 17.8 Å². The van der Waals surface area contributed by atoms with E-state index in [1.54, 1.807) is 0 Å². The molecular weight excluding hydrogens is 162 g/mol. The topological polar surface area (TPSA) is 29.1 Å². The number of alkyl halides is 1. The number of rotatable bonds is 2. The van der Waals surface area contributed by atoms with Crippen molar-refractivity contribution in [1.82, 2.24) is 5.32 Å². The van der Waals surface area contributed by atoms with E-state index in [0.717, 1.165) is 19.3 Å². The van der Waals surface area contributed by atoms with Crippen molar-refractivity contribution < 1.29 is 4.79 Å². The molecule has 1 aliphatic carbocycles. The van der Waals surface area contributed by atoms with Gasteiger partial charge in [-0.15, -0.1) is 11.6 Å². The van der Waals surface area contributed by atoms with Crippen molar-refractivity contribution >= 4 is 17.5 Å². The summed E-state index contributed by atoms with van der Waals surface area (Å²) in [6, 6.07) is 0.311. The molecule has 0 saturated heterocycles. The van der Waals surface area contributed by atoms with Crippen molar-refractivity contribution in [1.29, 1.82) is 0 Å². The molecule has 3 heteroatoms. The fourth-order valence-electron chi connectivity index (χ4n) is 1.19. The average molecular weight is 174 g/mol. The highest BCUT2D eigenvalue weighted by atomic mass is 35.5. The first-order valence-electron chi connectivity index (χ1n) is 3.83. The van der Waals surface area contributed by atoms with Gasteiger partial charge in [0.25, 0.3) is 0 Å². The Balaban J connectivity index is 2.26. The van der Waals surface area contributed by atoms with Gasteiger partial charge in [0, 0.05) is 6.04 Å². The Labute approximate surface area is 71.6 Å². The van der Waals surface area contributed by atoms with Gasteiger partial charge in [-0.25, -0.2) is 0 Å². The first-order chi connectivity index (χ1) is 5.33. The van der Waals surface area contributed by atoms with Gasteiger partial charge in [0.1, 0.15) is 5.88 Å². The number of carbonyl (C=O) groups is 1. The first kappa shape index (κ1) is 8.60. The molecule has 1 amide bonds. The number of allylic oxidation sites excluding steroid dienone is 1. The lowest BCUT2D eigenvalue weighted by molar-refractivity contribution is -0.119. The molecule has 0 spiro atoms. The predicted molar refractivity (Wildman–Crippen MR) is 45.6 cm³/mol. The predicted octanol–water partition coefficient (Wildman–Crippen LogP) is 1.45. The molecule has 0 radical (unpaired) electrons. The van der Waals surface area contributed by atoms with Gasteiger partial charge in [-0.3, -0.25) is 4.79 Å². The summed E-state index contributed by atoms with van der Waals surface area (Å²) in [4.78, 5) is 10.8. The van der Waals surface area contributed by atoms with Gasteiger partial charge in [0.05, 0.1) is 0 Å². The maximum absolute atomic E-state index is 10.8. The van der Waals surface area contributed by atoms with E-state index >= 15 is 0 Å². The van der Waals surface area contributed by atoms with Gasteiger partial charge in [0.2, 0.25) is 5.91 Å². The lowest BCUT2D eigenvalue weighted by atomic mass is 10.0. The van der Waals surface area contributed by atoms with Crippen LogP contribution in [0.2, 0.25) is 0 Å². The number of amides is 1. The van der Waals surface area contributed by atoms with Crippen LogP contribution in [0.5, 0.6) is 0 Å². The van der Waals surface area contributed by atoms with Crippen LogP contribution in [0.15, 0.2) is 12.2 Å². The van der Waals surface area contributed by atoms with Crippen LogP contribution in [0.1, 0.15) is 19.3 Å². The van der Waals surface area contributed by atoms with Crippen molar-refractivity contribution in [3.05, 3.63) is 12.2 Å². The van der Waals surface area contributed by atoms with E-state index in [1.165, 1.54) is 0 Å². The molecule has 1 unspecified atom stereocenters. The third kappa shape index (κ3) is 2.93. The number of hydrogen-bond acceptors (Lipinski definition) is 1. The van der Waals surface area contributed by atoms with Crippen LogP contribution < -0.4 is 5.32 Å².